The zero-order valence-corrected chi connectivity index (χ0v) is 24.7. The van der Waals surface area contributed by atoms with Crippen LogP contribution in [0, 0.1) is 17.8 Å². The van der Waals surface area contributed by atoms with Gasteiger partial charge in [0.15, 0.2) is 0 Å². The number of anilines is 2. The summed E-state index contributed by atoms with van der Waals surface area (Å²) in [7, 11) is 0. The lowest BCUT2D eigenvalue weighted by Crippen LogP contribution is -2.64. The average Bonchev–Trinajstić information content (AvgIpc) is 3.23. The second-order valence-electron chi connectivity index (χ2n) is 13.7. The molecule has 6 fully saturated rings. The summed E-state index contributed by atoms with van der Waals surface area (Å²) in [4.78, 5) is 46.5. The van der Waals surface area contributed by atoms with E-state index in [1.54, 1.807) is 4.90 Å². The van der Waals surface area contributed by atoms with Crippen LogP contribution in [0.1, 0.15) is 63.9 Å². The van der Waals surface area contributed by atoms with E-state index in [1.807, 2.05) is 59.5 Å². The predicted molar refractivity (Wildman–Crippen MR) is 163 cm³/mol. The monoisotopic (exact) mass is 569 g/mol. The van der Waals surface area contributed by atoms with Crippen LogP contribution >= 0.6 is 0 Å². The molecule has 2 heterocycles. The van der Waals surface area contributed by atoms with Gasteiger partial charge in [0.05, 0.1) is 6.67 Å². The molecule has 0 aromatic heterocycles. The summed E-state index contributed by atoms with van der Waals surface area (Å²) in [5.41, 5.74) is 2.12. The molecule has 2 N–H and O–H groups in total. The summed E-state index contributed by atoms with van der Waals surface area (Å²) in [6.07, 6.45) is 9.45. The first-order valence-electron chi connectivity index (χ1n) is 15.9. The standard InChI is InChI=1S/C34H43N5O3/c1-2-24-8-10-28(11-9-24)35-30(40)22-38-23-39(29-6-4-3-5-7-29)34(31(38)41)12-14-37(15-13-34)32(42)36-33-19-25-16-26(20-33)18-27(17-25)21-33/h3-11,25-27H,2,12-23H2,1H3,(H,35,40)(H,36,42). The third-order valence-corrected chi connectivity index (χ3v) is 10.9. The van der Waals surface area contributed by atoms with E-state index in [4.69, 9.17) is 0 Å². The molecule has 0 atom stereocenters. The van der Waals surface area contributed by atoms with E-state index < -0.39 is 5.54 Å². The molecule has 2 saturated heterocycles. The largest absolute Gasteiger partial charge is 0.339 e. The maximum Gasteiger partial charge on any atom is 0.317 e. The van der Waals surface area contributed by atoms with Gasteiger partial charge in [-0.15, -0.1) is 0 Å². The van der Waals surface area contributed by atoms with Gasteiger partial charge in [-0.25, -0.2) is 4.79 Å². The van der Waals surface area contributed by atoms with Crippen molar-refractivity contribution in [3.05, 3.63) is 60.2 Å². The van der Waals surface area contributed by atoms with Crippen LogP contribution in [0.25, 0.3) is 0 Å². The van der Waals surface area contributed by atoms with E-state index in [-0.39, 0.29) is 29.9 Å². The molecule has 6 aliphatic rings. The van der Waals surface area contributed by atoms with Crippen LogP contribution in [-0.4, -0.2) is 65.0 Å². The van der Waals surface area contributed by atoms with Crippen molar-refractivity contribution in [2.24, 2.45) is 17.8 Å². The van der Waals surface area contributed by atoms with Crippen LogP contribution < -0.4 is 15.5 Å². The maximum atomic E-state index is 14.1. The van der Waals surface area contributed by atoms with E-state index >= 15 is 0 Å². The van der Waals surface area contributed by atoms with Crippen LogP contribution in [0.4, 0.5) is 16.2 Å². The lowest BCUT2D eigenvalue weighted by atomic mass is 9.53. The van der Waals surface area contributed by atoms with Crippen molar-refractivity contribution in [1.29, 1.82) is 0 Å². The first kappa shape index (κ1) is 27.3. The Balaban J connectivity index is 1.03. The van der Waals surface area contributed by atoms with Gasteiger partial charge in [0.2, 0.25) is 5.91 Å². The first-order chi connectivity index (χ1) is 20.3. The Labute approximate surface area is 248 Å². The molecule has 4 bridgehead atoms. The maximum absolute atomic E-state index is 14.1. The molecule has 2 aliphatic heterocycles. The highest BCUT2D eigenvalue weighted by molar-refractivity contribution is 5.99. The lowest BCUT2D eigenvalue weighted by Gasteiger charge is -2.57. The summed E-state index contributed by atoms with van der Waals surface area (Å²) in [6.45, 7) is 3.50. The number of urea groups is 1. The first-order valence-corrected chi connectivity index (χ1v) is 15.9. The van der Waals surface area contributed by atoms with E-state index in [2.05, 4.69) is 22.5 Å². The van der Waals surface area contributed by atoms with Crippen LogP contribution in [0.3, 0.4) is 0 Å². The third-order valence-electron chi connectivity index (χ3n) is 10.9. The van der Waals surface area contributed by atoms with Gasteiger partial charge in [-0.2, -0.15) is 0 Å². The number of nitrogens with one attached hydrogen (secondary N) is 2. The minimum absolute atomic E-state index is 0.00430. The van der Waals surface area contributed by atoms with Crippen molar-refractivity contribution < 1.29 is 14.4 Å². The van der Waals surface area contributed by atoms with Gasteiger partial charge in [-0.05, 0) is 105 Å². The number of piperidine rings is 1. The van der Waals surface area contributed by atoms with E-state index in [9.17, 15) is 14.4 Å². The van der Waals surface area contributed by atoms with Crippen LogP contribution in [0.15, 0.2) is 54.6 Å². The number of amides is 4. The van der Waals surface area contributed by atoms with Crippen LogP contribution in [0.5, 0.6) is 0 Å². The third kappa shape index (κ3) is 4.92. The van der Waals surface area contributed by atoms with Crippen LogP contribution in [0.2, 0.25) is 0 Å². The molecule has 2 aromatic rings. The number of likely N-dealkylation sites (tertiary alicyclic amines) is 1. The SMILES string of the molecule is CCc1ccc(NC(=O)CN2CN(c3ccccc3)C3(CCN(C(=O)NC45CC6CC(CC(C6)C4)C5)CC3)C2=O)cc1. The highest BCUT2D eigenvalue weighted by Crippen LogP contribution is 2.55. The Morgan fingerprint density at radius 1 is 0.881 bits per heavy atom. The minimum atomic E-state index is -0.762. The molecule has 8 heteroatoms. The number of carbonyl (C=O) groups is 3. The smallest absolute Gasteiger partial charge is 0.317 e. The molecular formula is C34H43N5O3. The lowest BCUT2D eigenvalue weighted by molar-refractivity contribution is -0.136. The second-order valence-corrected chi connectivity index (χ2v) is 13.7. The zero-order chi connectivity index (χ0) is 28.9. The second kappa shape index (κ2) is 10.6. The van der Waals surface area contributed by atoms with Crippen molar-refractivity contribution in [2.75, 3.05) is 36.5 Å². The van der Waals surface area contributed by atoms with Crippen molar-refractivity contribution >= 4 is 29.2 Å². The number of hydrogen-bond acceptors (Lipinski definition) is 4. The van der Waals surface area contributed by atoms with Gasteiger partial charge in [0, 0.05) is 30.0 Å². The van der Waals surface area contributed by atoms with Gasteiger partial charge in [0.1, 0.15) is 12.1 Å². The van der Waals surface area contributed by atoms with E-state index in [0.717, 1.165) is 54.8 Å². The highest BCUT2D eigenvalue weighted by atomic mass is 16.2. The van der Waals surface area contributed by atoms with Gasteiger partial charge in [-0.1, -0.05) is 37.3 Å². The Morgan fingerprint density at radius 2 is 1.50 bits per heavy atom. The molecule has 4 amide bonds. The highest BCUT2D eigenvalue weighted by Gasteiger charge is 2.55. The normalized spacial score (nSPS) is 29.3. The minimum Gasteiger partial charge on any atom is -0.339 e. The predicted octanol–water partition coefficient (Wildman–Crippen LogP) is 5.01. The van der Waals surface area contributed by atoms with Crippen molar-refractivity contribution in [2.45, 2.75) is 75.8 Å². The summed E-state index contributed by atoms with van der Waals surface area (Å²) >= 11 is 0. The number of aryl methyl sites for hydroxylation is 1. The van der Waals surface area contributed by atoms with Gasteiger partial charge >= 0.3 is 6.03 Å². The summed E-state index contributed by atoms with van der Waals surface area (Å²) in [5, 5.41) is 6.48. The molecule has 222 valence electrons. The molecule has 1 spiro atoms. The van der Waals surface area contributed by atoms with Crippen molar-refractivity contribution in [3.63, 3.8) is 0 Å². The molecule has 8 rings (SSSR count). The fourth-order valence-electron chi connectivity index (χ4n) is 9.17. The Hall–Kier alpha value is -3.55. The summed E-state index contributed by atoms with van der Waals surface area (Å²) < 4.78 is 0. The molecule has 4 aliphatic carbocycles. The topological polar surface area (TPSA) is 85.0 Å². The molecular weight excluding hydrogens is 526 g/mol. The van der Waals surface area contributed by atoms with Gasteiger partial charge in [0.25, 0.3) is 5.91 Å². The average molecular weight is 570 g/mol. The summed E-state index contributed by atoms with van der Waals surface area (Å²) in [5.74, 6) is 2.09. The molecule has 4 saturated carbocycles. The van der Waals surface area contributed by atoms with E-state index in [0.29, 0.717) is 32.6 Å². The zero-order valence-electron chi connectivity index (χ0n) is 24.7. The molecule has 0 unspecified atom stereocenters. The van der Waals surface area contributed by atoms with Gasteiger partial charge < -0.3 is 25.3 Å². The number of carbonyl (C=O) groups excluding carboxylic acids is 3. The number of nitrogens with zero attached hydrogens (tertiary/aromatic N) is 3. The Bertz CT molecular complexity index is 1300. The Morgan fingerprint density at radius 3 is 2.10 bits per heavy atom. The van der Waals surface area contributed by atoms with Crippen molar-refractivity contribution in [1.82, 2.24) is 15.1 Å². The Kier molecular flexibility index (Phi) is 6.90. The fraction of sp³-hybridized carbons (Fsp3) is 0.559. The number of rotatable bonds is 6. The number of para-hydroxylation sites is 1. The molecule has 0 radical (unpaired) electrons. The molecule has 42 heavy (non-hydrogen) atoms. The van der Waals surface area contributed by atoms with Gasteiger partial charge in [-0.3, -0.25) is 9.59 Å². The quantitative estimate of drug-likeness (QED) is 0.513. The molecule has 2 aromatic carbocycles. The van der Waals surface area contributed by atoms with Crippen molar-refractivity contribution in [3.8, 4) is 0 Å². The molecule has 8 nitrogen and oxygen atoms in total. The summed E-state index contributed by atoms with van der Waals surface area (Å²) in [6, 6.07) is 17.9. The number of benzene rings is 2. The van der Waals surface area contributed by atoms with Crippen LogP contribution in [-0.2, 0) is 16.0 Å². The van der Waals surface area contributed by atoms with E-state index in [1.165, 1.54) is 24.8 Å². The fourth-order valence-corrected chi connectivity index (χ4v) is 9.17. The number of hydrogen-bond donors (Lipinski definition) is 2.